The molecule has 25 heavy (non-hydrogen) atoms. The molecule has 0 radical (unpaired) electrons. The van der Waals surface area contributed by atoms with Gasteiger partial charge in [0.05, 0.1) is 0 Å². The van der Waals surface area contributed by atoms with Crippen molar-refractivity contribution >= 4 is 5.57 Å². The molecule has 0 aliphatic rings. The Bertz CT molecular complexity index is 936. The van der Waals surface area contributed by atoms with E-state index in [2.05, 4.69) is 11.8 Å². The van der Waals surface area contributed by atoms with E-state index < -0.39 is 11.6 Å². The van der Waals surface area contributed by atoms with Crippen molar-refractivity contribution in [2.45, 2.75) is 6.92 Å². The fourth-order valence-corrected chi connectivity index (χ4v) is 2.61. The molecule has 3 aromatic rings. The summed E-state index contributed by atoms with van der Waals surface area (Å²) in [6.07, 6.45) is 1.85. The predicted octanol–water partition coefficient (Wildman–Crippen LogP) is 5.82. The summed E-state index contributed by atoms with van der Waals surface area (Å²) in [7, 11) is 0. The van der Waals surface area contributed by atoms with Gasteiger partial charge in [-0.3, -0.25) is 0 Å². The first-order valence-corrected chi connectivity index (χ1v) is 7.96. The highest BCUT2D eigenvalue weighted by Crippen LogP contribution is 2.25. The molecule has 0 aliphatic carbocycles. The molecule has 0 amide bonds. The molecule has 0 fully saturated rings. The van der Waals surface area contributed by atoms with Crippen LogP contribution in [-0.2, 0) is 0 Å². The molecule has 3 rings (SSSR count). The van der Waals surface area contributed by atoms with Gasteiger partial charge >= 0.3 is 0 Å². The normalized spacial score (nSPS) is 10.9. The van der Waals surface area contributed by atoms with Crippen LogP contribution in [-0.4, -0.2) is 0 Å². The van der Waals surface area contributed by atoms with Crippen molar-refractivity contribution in [3.8, 4) is 11.8 Å². The van der Waals surface area contributed by atoms with Crippen molar-refractivity contribution in [2.24, 2.45) is 0 Å². The third kappa shape index (κ3) is 4.22. The van der Waals surface area contributed by atoms with Gasteiger partial charge in [0.2, 0.25) is 0 Å². The summed E-state index contributed by atoms with van der Waals surface area (Å²) in [4.78, 5) is 0. The van der Waals surface area contributed by atoms with Crippen LogP contribution >= 0.6 is 0 Å². The number of benzene rings is 3. The SMILES string of the molecule is CC=C(c1ccc(C#Cc2ccccc2)cc1)c1cc(F)cc(F)c1. The molecular formula is C23H16F2. The molecule has 0 spiro atoms. The van der Waals surface area contributed by atoms with Gasteiger partial charge in [0.25, 0.3) is 0 Å². The van der Waals surface area contributed by atoms with Crippen LogP contribution in [0.15, 0.2) is 78.9 Å². The average Bonchev–Trinajstić information content (AvgIpc) is 2.62. The minimum Gasteiger partial charge on any atom is -0.207 e. The van der Waals surface area contributed by atoms with Crippen molar-refractivity contribution in [3.05, 3.63) is 113 Å². The monoisotopic (exact) mass is 330 g/mol. The third-order valence-electron chi connectivity index (χ3n) is 3.78. The highest BCUT2D eigenvalue weighted by Gasteiger charge is 2.07. The summed E-state index contributed by atoms with van der Waals surface area (Å²) in [6, 6.07) is 20.9. The zero-order valence-corrected chi connectivity index (χ0v) is 13.8. The summed E-state index contributed by atoms with van der Waals surface area (Å²) >= 11 is 0. The van der Waals surface area contributed by atoms with Gasteiger partial charge in [0.15, 0.2) is 0 Å². The van der Waals surface area contributed by atoms with E-state index in [9.17, 15) is 8.78 Å². The minimum absolute atomic E-state index is 0.517. The van der Waals surface area contributed by atoms with Crippen molar-refractivity contribution < 1.29 is 8.78 Å². The molecule has 0 nitrogen and oxygen atoms in total. The lowest BCUT2D eigenvalue weighted by Gasteiger charge is -2.08. The van der Waals surface area contributed by atoms with Crippen molar-refractivity contribution in [2.75, 3.05) is 0 Å². The fraction of sp³-hybridized carbons (Fsp3) is 0.0435. The Balaban J connectivity index is 1.87. The predicted molar refractivity (Wildman–Crippen MR) is 98.0 cm³/mol. The van der Waals surface area contributed by atoms with Crippen molar-refractivity contribution in [3.63, 3.8) is 0 Å². The Morgan fingerprint density at radius 3 is 1.84 bits per heavy atom. The minimum atomic E-state index is -0.584. The van der Waals surface area contributed by atoms with Crippen LogP contribution in [0.3, 0.4) is 0 Å². The number of hydrogen-bond acceptors (Lipinski definition) is 0. The van der Waals surface area contributed by atoms with E-state index >= 15 is 0 Å². The highest BCUT2D eigenvalue weighted by molar-refractivity contribution is 5.79. The Kier molecular flexibility index (Phi) is 5.06. The van der Waals surface area contributed by atoms with Gasteiger partial charge < -0.3 is 0 Å². The van der Waals surface area contributed by atoms with Gasteiger partial charge in [-0.05, 0) is 60.0 Å². The van der Waals surface area contributed by atoms with Crippen LogP contribution in [0.5, 0.6) is 0 Å². The molecule has 122 valence electrons. The Labute approximate surface area is 146 Å². The maximum Gasteiger partial charge on any atom is 0.126 e. The molecule has 0 N–H and O–H groups in total. The van der Waals surface area contributed by atoms with E-state index in [1.807, 2.05) is 67.6 Å². The molecule has 3 aromatic carbocycles. The van der Waals surface area contributed by atoms with E-state index in [1.54, 1.807) is 0 Å². The van der Waals surface area contributed by atoms with Crippen molar-refractivity contribution in [1.82, 2.24) is 0 Å². The second-order valence-corrected chi connectivity index (χ2v) is 5.55. The molecule has 0 bridgehead atoms. The third-order valence-corrected chi connectivity index (χ3v) is 3.78. The van der Waals surface area contributed by atoms with E-state index in [4.69, 9.17) is 0 Å². The second kappa shape index (κ2) is 7.59. The van der Waals surface area contributed by atoms with Gasteiger partial charge in [-0.1, -0.05) is 48.2 Å². The first kappa shape index (κ1) is 16.7. The van der Waals surface area contributed by atoms with Crippen LogP contribution in [0.4, 0.5) is 8.78 Å². The summed E-state index contributed by atoms with van der Waals surface area (Å²) in [5, 5.41) is 0. The largest absolute Gasteiger partial charge is 0.207 e. The van der Waals surface area contributed by atoms with Crippen LogP contribution < -0.4 is 0 Å². The van der Waals surface area contributed by atoms with E-state index in [-0.39, 0.29) is 0 Å². The quantitative estimate of drug-likeness (QED) is 0.520. The number of halogens is 2. The van der Waals surface area contributed by atoms with Crippen LogP contribution in [0.1, 0.15) is 29.2 Å². The van der Waals surface area contributed by atoms with Gasteiger partial charge in [0.1, 0.15) is 11.6 Å². The maximum absolute atomic E-state index is 13.5. The summed E-state index contributed by atoms with van der Waals surface area (Å²) < 4.78 is 27.0. The zero-order chi connectivity index (χ0) is 17.6. The van der Waals surface area contributed by atoms with Gasteiger partial charge in [-0.25, -0.2) is 8.78 Å². The van der Waals surface area contributed by atoms with Crippen molar-refractivity contribution in [1.29, 1.82) is 0 Å². The van der Waals surface area contributed by atoms with Gasteiger partial charge in [0, 0.05) is 17.2 Å². The standard InChI is InChI=1S/C23H16F2/c1-2-23(20-14-21(24)16-22(25)15-20)19-12-10-18(11-13-19)9-8-17-6-4-3-5-7-17/h2-7,10-16H,1H3. The Morgan fingerprint density at radius 1 is 0.720 bits per heavy atom. The molecule has 0 saturated heterocycles. The first-order chi connectivity index (χ1) is 12.2. The molecule has 0 atom stereocenters. The smallest absolute Gasteiger partial charge is 0.126 e. The molecule has 0 aliphatic heterocycles. The number of allylic oxidation sites excluding steroid dienone is 1. The molecule has 0 heterocycles. The van der Waals surface area contributed by atoms with Gasteiger partial charge in [-0.15, -0.1) is 0 Å². The molecule has 0 aromatic heterocycles. The summed E-state index contributed by atoms with van der Waals surface area (Å²) in [6.45, 7) is 1.85. The van der Waals surface area contributed by atoms with Gasteiger partial charge in [-0.2, -0.15) is 0 Å². The molecular weight excluding hydrogens is 314 g/mol. The number of rotatable bonds is 2. The zero-order valence-electron chi connectivity index (χ0n) is 13.8. The molecule has 0 saturated carbocycles. The van der Waals surface area contributed by atoms with Crippen LogP contribution in [0, 0.1) is 23.5 Å². The Hall–Kier alpha value is -3.18. The average molecular weight is 330 g/mol. The lowest BCUT2D eigenvalue weighted by molar-refractivity contribution is 0.582. The van der Waals surface area contributed by atoms with Crippen LogP contribution in [0.2, 0.25) is 0 Å². The summed E-state index contributed by atoms with van der Waals surface area (Å²) in [5.41, 5.74) is 4.02. The molecule has 0 unspecified atom stereocenters. The van der Waals surface area contributed by atoms with Crippen LogP contribution in [0.25, 0.3) is 5.57 Å². The number of hydrogen-bond donors (Lipinski definition) is 0. The van der Waals surface area contributed by atoms with E-state index in [1.165, 1.54) is 12.1 Å². The Morgan fingerprint density at radius 2 is 1.28 bits per heavy atom. The van der Waals surface area contributed by atoms with E-state index in [0.29, 0.717) is 5.56 Å². The summed E-state index contributed by atoms with van der Waals surface area (Å²) in [5.74, 6) is 5.05. The lowest BCUT2D eigenvalue weighted by atomic mass is 9.96. The second-order valence-electron chi connectivity index (χ2n) is 5.55. The fourth-order valence-electron chi connectivity index (χ4n) is 2.61. The lowest BCUT2D eigenvalue weighted by Crippen LogP contribution is -1.91. The topological polar surface area (TPSA) is 0 Å². The molecule has 2 heteroatoms. The maximum atomic E-state index is 13.5. The first-order valence-electron chi connectivity index (χ1n) is 7.96. The highest BCUT2D eigenvalue weighted by atomic mass is 19.1. The van der Waals surface area contributed by atoms with E-state index in [0.717, 1.165) is 28.3 Å².